The molecule has 0 spiro atoms. The first-order chi connectivity index (χ1) is 15.2. The Balaban J connectivity index is 1.86. The van der Waals surface area contributed by atoms with Crippen molar-refractivity contribution in [1.82, 2.24) is 4.90 Å². The maximum atomic E-state index is 12.8. The molecule has 0 aromatic heterocycles. The molecule has 3 rings (SSSR count). The number of amides is 2. The summed E-state index contributed by atoms with van der Waals surface area (Å²) in [7, 11) is 1.50. The summed E-state index contributed by atoms with van der Waals surface area (Å²) in [4.78, 5) is 26.6. The van der Waals surface area contributed by atoms with E-state index in [-0.39, 0.29) is 30.1 Å². The van der Waals surface area contributed by atoms with Gasteiger partial charge in [-0.05, 0) is 54.9 Å². The van der Waals surface area contributed by atoms with E-state index in [1.54, 1.807) is 18.2 Å². The van der Waals surface area contributed by atoms with Gasteiger partial charge in [-0.15, -0.1) is 0 Å². The fraction of sp³-hybridized carbons (Fsp3) is 0.538. The number of likely N-dealkylation sites (tertiary alicyclic amines) is 1. The van der Waals surface area contributed by atoms with Gasteiger partial charge in [-0.1, -0.05) is 50.1 Å². The number of allylic oxidation sites excluding steroid dienone is 2. The third-order valence-corrected chi connectivity index (χ3v) is 7.03. The van der Waals surface area contributed by atoms with Crippen LogP contribution in [0.3, 0.4) is 0 Å². The number of rotatable bonds is 8. The largest absolute Gasteiger partial charge is 0.508 e. The molecule has 1 heterocycles. The molecule has 1 saturated heterocycles. The van der Waals surface area contributed by atoms with Gasteiger partial charge in [-0.2, -0.15) is 0 Å². The lowest BCUT2D eigenvalue weighted by molar-refractivity contribution is -0.138. The lowest BCUT2D eigenvalue weighted by atomic mass is 9.66. The van der Waals surface area contributed by atoms with Gasteiger partial charge in [0.1, 0.15) is 5.75 Å². The molecular weight excluding hydrogens is 406 g/mol. The number of hydrogen-bond acceptors (Lipinski definition) is 5. The summed E-state index contributed by atoms with van der Waals surface area (Å²) in [5, 5.41) is 31.2. The van der Waals surface area contributed by atoms with Crippen LogP contribution < -0.4 is 0 Å². The zero-order valence-corrected chi connectivity index (χ0v) is 19.4. The fourth-order valence-electron chi connectivity index (χ4n) is 5.28. The Labute approximate surface area is 190 Å². The molecule has 2 amide bonds. The number of aromatic hydroxyl groups is 1. The minimum atomic E-state index is -0.793. The Hall–Kier alpha value is -2.44. The van der Waals surface area contributed by atoms with Gasteiger partial charge in [0.05, 0.1) is 24.5 Å². The zero-order chi connectivity index (χ0) is 23.6. The van der Waals surface area contributed by atoms with Crippen molar-refractivity contribution in [1.29, 1.82) is 0 Å². The smallest absolute Gasteiger partial charge is 0.233 e. The maximum absolute atomic E-state index is 12.8. The number of phenols is 1. The van der Waals surface area contributed by atoms with E-state index < -0.39 is 23.9 Å². The first kappa shape index (κ1) is 24.2. The van der Waals surface area contributed by atoms with Crippen molar-refractivity contribution < 1.29 is 24.9 Å². The van der Waals surface area contributed by atoms with Crippen molar-refractivity contribution in [3.8, 4) is 5.75 Å². The Kier molecular flexibility index (Phi) is 7.57. The summed E-state index contributed by atoms with van der Waals surface area (Å²) in [5.74, 6) is -1.71. The number of carbonyl (C=O) groups is 2. The molecule has 1 aliphatic carbocycles. The van der Waals surface area contributed by atoms with E-state index in [1.165, 1.54) is 11.9 Å². The number of nitrogens with zero attached hydrogens (tertiary/aromatic N) is 1. The second-order valence-corrected chi connectivity index (χ2v) is 9.30. The van der Waals surface area contributed by atoms with Crippen LogP contribution in [0.25, 0.3) is 6.08 Å². The first-order valence-corrected chi connectivity index (χ1v) is 11.5. The molecule has 1 aliphatic heterocycles. The van der Waals surface area contributed by atoms with Crippen molar-refractivity contribution in [2.45, 2.75) is 52.6 Å². The van der Waals surface area contributed by atoms with Crippen LogP contribution in [0, 0.1) is 23.7 Å². The van der Waals surface area contributed by atoms with Crippen LogP contribution in [-0.4, -0.2) is 51.8 Å². The topological polar surface area (TPSA) is 98.1 Å². The minimum Gasteiger partial charge on any atom is -0.508 e. The number of phenolic OH excluding ortho intramolecular Hbond substituents is 1. The molecule has 1 fully saturated rings. The number of aliphatic hydroxyl groups excluding tert-OH is 2. The van der Waals surface area contributed by atoms with E-state index in [0.717, 1.165) is 28.7 Å². The van der Waals surface area contributed by atoms with E-state index in [9.17, 15) is 24.9 Å². The van der Waals surface area contributed by atoms with Crippen molar-refractivity contribution in [2.75, 3.05) is 13.7 Å². The van der Waals surface area contributed by atoms with Gasteiger partial charge in [0.25, 0.3) is 0 Å². The summed E-state index contributed by atoms with van der Waals surface area (Å²) >= 11 is 0. The third-order valence-electron chi connectivity index (χ3n) is 7.03. The number of aliphatic hydroxyl groups is 2. The van der Waals surface area contributed by atoms with Crippen molar-refractivity contribution in [3.05, 3.63) is 46.5 Å². The number of carbonyl (C=O) groups excluding carboxylic acids is 2. The number of hydrogen-bond donors (Lipinski definition) is 3. The average molecular weight is 442 g/mol. The number of benzene rings is 1. The first-order valence-electron chi connectivity index (χ1n) is 11.5. The van der Waals surface area contributed by atoms with E-state index in [1.807, 2.05) is 26.0 Å². The summed E-state index contributed by atoms with van der Waals surface area (Å²) in [6, 6.07) is 7.05. The Morgan fingerprint density at radius 3 is 2.56 bits per heavy atom. The molecule has 2 aliphatic rings. The molecule has 0 saturated carbocycles. The minimum absolute atomic E-state index is 0.108. The van der Waals surface area contributed by atoms with Gasteiger partial charge in [0.2, 0.25) is 11.8 Å². The highest BCUT2D eigenvalue weighted by Gasteiger charge is 2.53. The van der Waals surface area contributed by atoms with Gasteiger partial charge in [0.15, 0.2) is 0 Å². The summed E-state index contributed by atoms with van der Waals surface area (Å²) < 4.78 is 0. The standard InChI is InChI=1S/C26H35NO5/c1-5-16(11-17-7-6-8-18(29)12-17)9-10-22(30)23-19(15(2)3)13-20-24(21(23)14-28)26(32)27(4)25(20)31/h6-8,11-12,15,20-22,24,28-30H,5,9-10,13-14H2,1-4H3/b16-11+/t20-,21+,22-,24-/m1/s1. The van der Waals surface area contributed by atoms with E-state index in [2.05, 4.69) is 6.92 Å². The summed E-state index contributed by atoms with van der Waals surface area (Å²) in [6.07, 6.45) is 3.62. The van der Waals surface area contributed by atoms with Crippen LogP contribution in [-0.2, 0) is 9.59 Å². The fourth-order valence-corrected chi connectivity index (χ4v) is 5.28. The van der Waals surface area contributed by atoms with Crippen LogP contribution in [0.15, 0.2) is 41.0 Å². The van der Waals surface area contributed by atoms with Gasteiger partial charge >= 0.3 is 0 Å². The molecule has 0 unspecified atom stereocenters. The van der Waals surface area contributed by atoms with Gasteiger partial charge in [0, 0.05) is 13.0 Å². The van der Waals surface area contributed by atoms with E-state index in [4.69, 9.17) is 0 Å². The quantitative estimate of drug-likeness (QED) is 0.424. The molecule has 0 bridgehead atoms. The monoisotopic (exact) mass is 441 g/mol. The van der Waals surface area contributed by atoms with Gasteiger partial charge in [-0.25, -0.2) is 0 Å². The van der Waals surface area contributed by atoms with Crippen LogP contribution in [0.5, 0.6) is 5.75 Å². The van der Waals surface area contributed by atoms with Crippen LogP contribution in [0.4, 0.5) is 0 Å². The predicted octanol–water partition coefficient (Wildman–Crippen LogP) is 3.52. The highest BCUT2D eigenvalue weighted by Crippen LogP contribution is 2.47. The lowest BCUT2D eigenvalue weighted by Gasteiger charge is -2.38. The van der Waals surface area contributed by atoms with Crippen molar-refractivity contribution in [2.24, 2.45) is 23.7 Å². The molecule has 1 aromatic rings. The molecule has 6 heteroatoms. The van der Waals surface area contributed by atoms with E-state index >= 15 is 0 Å². The van der Waals surface area contributed by atoms with E-state index in [0.29, 0.717) is 19.3 Å². The molecule has 3 N–H and O–H groups in total. The van der Waals surface area contributed by atoms with Crippen LogP contribution >= 0.6 is 0 Å². The van der Waals surface area contributed by atoms with Crippen molar-refractivity contribution in [3.63, 3.8) is 0 Å². The molecule has 32 heavy (non-hydrogen) atoms. The summed E-state index contributed by atoms with van der Waals surface area (Å²) in [5.41, 5.74) is 3.78. The number of imide groups is 1. The van der Waals surface area contributed by atoms with Crippen molar-refractivity contribution >= 4 is 17.9 Å². The summed E-state index contributed by atoms with van der Waals surface area (Å²) in [6.45, 7) is 5.85. The molecule has 0 radical (unpaired) electrons. The highest BCUT2D eigenvalue weighted by molar-refractivity contribution is 6.05. The van der Waals surface area contributed by atoms with Crippen LogP contribution in [0.1, 0.15) is 52.0 Å². The second kappa shape index (κ2) is 10.0. The molecule has 6 nitrogen and oxygen atoms in total. The molecule has 174 valence electrons. The third kappa shape index (κ3) is 4.66. The van der Waals surface area contributed by atoms with Gasteiger partial charge in [-0.3, -0.25) is 14.5 Å². The zero-order valence-electron chi connectivity index (χ0n) is 19.4. The maximum Gasteiger partial charge on any atom is 0.233 e. The molecule has 4 atom stereocenters. The second-order valence-electron chi connectivity index (χ2n) is 9.30. The molecule has 1 aromatic carbocycles. The number of fused-ring (bicyclic) bond motifs is 1. The Bertz CT molecular complexity index is 932. The highest BCUT2D eigenvalue weighted by atomic mass is 16.3. The average Bonchev–Trinajstić information content (AvgIpc) is 2.98. The Morgan fingerprint density at radius 2 is 1.97 bits per heavy atom. The normalized spacial score (nSPS) is 25.0. The molecular formula is C26H35NO5. The van der Waals surface area contributed by atoms with Crippen LogP contribution in [0.2, 0.25) is 0 Å². The Morgan fingerprint density at radius 1 is 1.25 bits per heavy atom. The van der Waals surface area contributed by atoms with Gasteiger partial charge < -0.3 is 15.3 Å². The predicted molar refractivity (Wildman–Crippen MR) is 123 cm³/mol. The SMILES string of the molecule is CC/C(=C\c1cccc(O)c1)CC[C@@H](O)C1=C(C(C)C)C[C@H]2C(=O)N(C)C(=O)[C@H]2[C@H]1CO. The lowest BCUT2D eigenvalue weighted by Crippen LogP contribution is -2.39.